The van der Waals surface area contributed by atoms with Gasteiger partial charge in [-0.2, -0.15) is 4.31 Å². The largest absolute Gasteiger partial charge is 0.495 e. The first-order valence-corrected chi connectivity index (χ1v) is 9.65. The molecule has 0 amide bonds. The number of carbonyl (C=O) groups excluding carboxylic acids is 1. The lowest BCUT2D eigenvalue weighted by Crippen LogP contribution is -2.40. The average molecular weight is 359 g/mol. The van der Waals surface area contributed by atoms with Gasteiger partial charge in [0.25, 0.3) is 0 Å². The lowest BCUT2D eigenvalue weighted by atomic mass is 10.0. The SMILES string of the molecule is COc1ccc(C)cc1S(=O)(=O)N1CCCC1C(=O)c1ccccc1. The highest BCUT2D eigenvalue weighted by Crippen LogP contribution is 2.33. The highest BCUT2D eigenvalue weighted by atomic mass is 32.2. The van der Waals surface area contributed by atoms with Gasteiger partial charge in [-0.05, 0) is 37.5 Å². The third-order valence-electron chi connectivity index (χ3n) is 4.47. The second-order valence-corrected chi connectivity index (χ2v) is 8.02. The molecule has 1 unspecified atom stereocenters. The van der Waals surface area contributed by atoms with Crippen molar-refractivity contribution in [3.8, 4) is 5.75 Å². The van der Waals surface area contributed by atoms with Crippen molar-refractivity contribution in [2.75, 3.05) is 13.7 Å². The van der Waals surface area contributed by atoms with Gasteiger partial charge in [0, 0.05) is 12.1 Å². The second-order valence-electron chi connectivity index (χ2n) is 6.16. The van der Waals surface area contributed by atoms with Crippen molar-refractivity contribution in [1.82, 2.24) is 4.31 Å². The standard InChI is InChI=1S/C19H21NO4S/c1-14-10-11-17(24-2)18(13-14)25(22,23)20-12-6-9-16(20)19(21)15-7-4-3-5-8-15/h3-5,7-8,10-11,13,16H,6,9,12H2,1-2H3. The predicted molar refractivity (Wildman–Crippen MR) is 95.4 cm³/mol. The fraction of sp³-hybridized carbons (Fsp3) is 0.316. The summed E-state index contributed by atoms with van der Waals surface area (Å²) in [5.41, 5.74) is 1.36. The molecule has 132 valence electrons. The van der Waals surface area contributed by atoms with Crippen molar-refractivity contribution >= 4 is 15.8 Å². The summed E-state index contributed by atoms with van der Waals surface area (Å²) >= 11 is 0. The van der Waals surface area contributed by atoms with E-state index in [1.54, 1.807) is 42.5 Å². The van der Waals surface area contributed by atoms with E-state index >= 15 is 0 Å². The Hall–Kier alpha value is -2.18. The Morgan fingerprint density at radius 1 is 1.16 bits per heavy atom. The molecule has 2 aromatic carbocycles. The predicted octanol–water partition coefficient (Wildman–Crippen LogP) is 3.04. The van der Waals surface area contributed by atoms with Crippen LogP contribution in [-0.4, -0.2) is 38.2 Å². The molecule has 0 aromatic heterocycles. The third-order valence-corrected chi connectivity index (χ3v) is 6.40. The zero-order valence-corrected chi connectivity index (χ0v) is 15.1. The van der Waals surface area contributed by atoms with Crippen LogP contribution in [0.2, 0.25) is 0 Å². The molecule has 1 aliphatic rings. The fourth-order valence-electron chi connectivity index (χ4n) is 3.20. The van der Waals surface area contributed by atoms with Crippen molar-refractivity contribution in [3.05, 3.63) is 59.7 Å². The number of ketones is 1. The molecule has 2 aromatic rings. The molecule has 1 atom stereocenters. The number of carbonyl (C=O) groups is 1. The maximum atomic E-state index is 13.2. The number of hydrogen-bond donors (Lipinski definition) is 0. The van der Waals surface area contributed by atoms with E-state index in [1.807, 2.05) is 13.0 Å². The summed E-state index contributed by atoms with van der Waals surface area (Å²) in [6.07, 6.45) is 1.19. The normalized spacial score (nSPS) is 18.2. The Kier molecular flexibility index (Phi) is 4.92. The van der Waals surface area contributed by atoms with E-state index in [0.717, 1.165) is 5.56 Å². The van der Waals surface area contributed by atoms with Crippen molar-refractivity contribution in [2.45, 2.75) is 30.7 Å². The van der Waals surface area contributed by atoms with Crippen LogP contribution in [0.1, 0.15) is 28.8 Å². The zero-order chi connectivity index (χ0) is 18.0. The lowest BCUT2D eigenvalue weighted by Gasteiger charge is -2.24. The summed E-state index contributed by atoms with van der Waals surface area (Å²) in [5, 5.41) is 0. The first-order valence-electron chi connectivity index (χ1n) is 8.21. The summed E-state index contributed by atoms with van der Waals surface area (Å²) in [4.78, 5) is 12.9. The molecule has 0 saturated carbocycles. The third kappa shape index (κ3) is 3.32. The van der Waals surface area contributed by atoms with E-state index < -0.39 is 16.1 Å². The van der Waals surface area contributed by atoms with Crippen molar-refractivity contribution in [2.24, 2.45) is 0 Å². The maximum absolute atomic E-state index is 13.2. The number of benzene rings is 2. The zero-order valence-electron chi connectivity index (χ0n) is 14.3. The molecule has 1 fully saturated rings. The highest BCUT2D eigenvalue weighted by Gasteiger charge is 2.40. The number of Topliss-reactive ketones (excluding diaryl/α,β-unsaturated/α-hetero) is 1. The van der Waals surface area contributed by atoms with Gasteiger partial charge >= 0.3 is 0 Å². The molecule has 0 bridgehead atoms. The Bertz CT molecular complexity index is 878. The fourth-order valence-corrected chi connectivity index (χ4v) is 5.10. The van der Waals surface area contributed by atoms with Gasteiger partial charge in [-0.1, -0.05) is 36.4 Å². The van der Waals surface area contributed by atoms with Gasteiger partial charge in [0.1, 0.15) is 10.6 Å². The Labute approximate surface area is 148 Å². The Balaban J connectivity index is 1.99. The van der Waals surface area contributed by atoms with Gasteiger partial charge in [-0.15, -0.1) is 0 Å². The molecule has 0 radical (unpaired) electrons. The molecule has 5 nitrogen and oxygen atoms in total. The van der Waals surface area contributed by atoms with Crippen LogP contribution in [0.3, 0.4) is 0 Å². The molecular weight excluding hydrogens is 338 g/mol. The number of methoxy groups -OCH3 is 1. The quantitative estimate of drug-likeness (QED) is 0.770. The average Bonchev–Trinajstić information content (AvgIpc) is 3.12. The van der Waals surface area contributed by atoms with Crippen molar-refractivity contribution in [1.29, 1.82) is 0 Å². The first-order chi connectivity index (χ1) is 11.9. The summed E-state index contributed by atoms with van der Waals surface area (Å²) < 4.78 is 33.0. The van der Waals surface area contributed by atoms with Crippen LogP contribution in [0, 0.1) is 6.92 Å². The van der Waals surface area contributed by atoms with Gasteiger partial charge in [-0.25, -0.2) is 8.42 Å². The smallest absolute Gasteiger partial charge is 0.247 e. The molecule has 3 rings (SSSR count). The minimum Gasteiger partial charge on any atom is -0.495 e. The number of ether oxygens (including phenoxy) is 1. The van der Waals surface area contributed by atoms with Gasteiger partial charge < -0.3 is 4.74 Å². The Morgan fingerprint density at radius 3 is 2.56 bits per heavy atom. The van der Waals surface area contributed by atoms with Crippen LogP contribution in [0.15, 0.2) is 53.4 Å². The lowest BCUT2D eigenvalue weighted by molar-refractivity contribution is 0.0918. The first kappa shape index (κ1) is 17.6. The second kappa shape index (κ2) is 6.98. The van der Waals surface area contributed by atoms with Gasteiger partial charge in [-0.3, -0.25) is 4.79 Å². The van der Waals surface area contributed by atoms with Crippen LogP contribution in [0.4, 0.5) is 0 Å². The minimum absolute atomic E-state index is 0.114. The highest BCUT2D eigenvalue weighted by molar-refractivity contribution is 7.89. The van der Waals surface area contributed by atoms with Crippen molar-refractivity contribution < 1.29 is 17.9 Å². The molecule has 0 aliphatic carbocycles. The number of nitrogens with zero attached hydrogens (tertiary/aromatic N) is 1. The van der Waals surface area contributed by atoms with E-state index in [2.05, 4.69) is 0 Å². The maximum Gasteiger partial charge on any atom is 0.247 e. The summed E-state index contributed by atoms with van der Waals surface area (Å²) in [7, 11) is -2.37. The van der Waals surface area contributed by atoms with Crippen LogP contribution in [0.5, 0.6) is 5.75 Å². The summed E-state index contributed by atoms with van der Waals surface area (Å²) in [6, 6.07) is 13.2. The molecule has 25 heavy (non-hydrogen) atoms. The van der Waals surface area contributed by atoms with Gasteiger partial charge in [0.2, 0.25) is 10.0 Å². The van der Waals surface area contributed by atoms with E-state index in [-0.39, 0.29) is 10.7 Å². The van der Waals surface area contributed by atoms with E-state index in [4.69, 9.17) is 4.74 Å². The molecule has 0 N–H and O–H groups in total. The summed E-state index contributed by atoms with van der Waals surface area (Å²) in [5.74, 6) is 0.136. The van der Waals surface area contributed by atoms with E-state index in [1.165, 1.54) is 11.4 Å². The molecular formula is C19H21NO4S. The molecule has 6 heteroatoms. The van der Waals surface area contributed by atoms with Crippen molar-refractivity contribution in [3.63, 3.8) is 0 Å². The van der Waals surface area contributed by atoms with Crippen LogP contribution in [-0.2, 0) is 10.0 Å². The number of rotatable bonds is 5. The minimum atomic E-state index is -3.82. The molecule has 1 heterocycles. The monoisotopic (exact) mass is 359 g/mol. The van der Waals surface area contributed by atoms with E-state index in [9.17, 15) is 13.2 Å². The van der Waals surface area contributed by atoms with Crippen LogP contribution >= 0.6 is 0 Å². The van der Waals surface area contributed by atoms with Gasteiger partial charge in [0.15, 0.2) is 5.78 Å². The molecule has 1 aliphatic heterocycles. The van der Waals surface area contributed by atoms with Crippen LogP contribution < -0.4 is 4.74 Å². The summed E-state index contributed by atoms with van der Waals surface area (Å²) in [6.45, 7) is 2.16. The number of hydrogen-bond acceptors (Lipinski definition) is 4. The van der Waals surface area contributed by atoms with Gasteiger partial charge in [0.05, 0.1) is 13.2 Å². The topological polar surface area (TPSA) is 63.7 Å². The molecule has 1 saturated heterocycles. The van der Waals surface area contributed by atoms with E-state index in [0.29, 0.717) is 30.7 Å². The van der Waals surface area contributed by atoms with Crippen LogP contribution in [0.25, 0.3) is 0 Å². The Morgan fingerprint density at radius 2 is 1.88 bits per heavy atom. The number of aryl methyl sites for hydroxylation is 1. The number of sulfonamides is 1. The molecule has 0 spiro atoms.